The van der Waals surface area contributed by atoms with E-state index >= 15 is 0 Å². The van der Waals surface area contributed by atoms with Crippen molar-refractivity contribution in [2.45, 2.75) is 0 Å². The summed E-state index contributed by atoms with van der Waals surface area (Å²) in [6, 6.07) is 8.08. The van der Waals surface area contributed by atoms with Crippen molar-refractivity contribution in [1.82, 2.24) is 9.97 Å². The van der Waals surface area contributed by atoms with Crippen LogP contribution in [0.3, 0.4) is 0 Å². The predicted molar refractivity (Wildman–Crippen MR) is 70.7 cm³/mol. The molecule has 2 rings (SSSR count). The van der Waals surface area contributed by atoms with Gasteiger partial charge in [0.25, 0.3) is 0 Å². The van der Waals surface area contributed by atoms with Crippen molar-refractivity contribution in [3.63, 3.8) is 0 Å². The topological polar surface area (TPSA) is 84.0 Å². The number of nitrogens with one attached hydrogen (secondary N) is 2. The molecule has 0 saturated heterocycles. The van der Waals surface area contributed by atoms with Crippen LogP contribution in [-0.4, -0.2) is 21.8 Å². The first kappa shape index (κ1) is 13.0. The fraction of sp³-hybridized carbons (Fsp3) is 0. The van der Waals surface area contributed by atoms with Crippen LogP contribution in [-0.2, 0) is 9.59 Å². The zero-order valence-electron chi connectivity index (χ0n) is 9.63. The van der Waals surface area contributed by atoms with Gasteiger partial charge in [0.1, 0.15) is 0 Å². The molecule has 0 spiro atoms. The monoisotopic (exact) mass is 276 g/mol. The number of aromatic nitrogens is 2. The highest BCUT2D eigenvalue weighted by atomic mass is 35.5. The van der Waals surface area contributed by atoms with Crippen LogP contribution in [0.1, 0.15) is 0 Å². The van der Waals surface area contributed by atoms with Gasteiger partial charge in [0.05, 0.1) is 0 Å². The van der Waals surface area contributed by atoms with Crippen molar-refractivity contribution in [3.05, 3.63) is 47.7 Å². The molecule has 96 valence electrons. The molecule has 2 amide bonds. The van der Waals surface area contributed by atoms with Crippen LogP contribution in [0.2, 0.25) is 5.02 Å². The van der Waals surface area contributed by atoms with Gasteiger partial charge in [0.15, 0.2) is 0 Å². The van der Waals surface area contributed by atoms with Crippen molar-refractivity contribution in [2.75, 3.05) is 10.6 Å². The maximum atomic E-state index is 11.6. The molecule has 0 radical (unpaired) electrons. The van der Waals surface area contributed by atoms with Crippen LogP contribution >= 0.6 is 11.6 Å². The molecule has 0 unspecified atom stereocenters. The SMILES string of the molecule is O=C(Nc1cccc(Cl)c1)C(=O)Nc1ncccn1. The van der Waals surface area contributed by atoms with E-state index in [9.17, 15) is 9.59 Å². The molecule has 0 atom stereocenters. The second-order valence-electron chi connectivity index (χ2n) is 3.49. The van der Waals surface area contributed by atoms with Crippen molar-refractivity contribution in [2.24, 2.45) is 0 Å². The van der Waals surface area contributed by atoms with Crippen molar-refractivity contribution >= 4 is 35.1 Å². The largest absolute Gasteiger partial charge is 0.318 e. The van der Waals surface area contributed by atoms with E-state index in [0.717, 1.165) is 0 Å². The highest BCUT2D eigenvalue weighted by Gasteiger charge is 2.14. The molecule has 0 saturated carbocycles. The molecule has 7 heteroatoms. The van der Waals surface area contributed by atoms with E-state index in [1.165, 1.54) is 18.5 Å². The second-order valence-corrected chi connectivity index (χ2v) is 3.93. The molecule has 0 fully saturated rings. The molecule has 0 aliphatic carbocycles. The first-order chi connectivity index (χ1) is 9.15. The summed E-state index contributed by atoms with van der Waals surface area (Å²) >= 11 is 5.77. The number of nitrogens with zero attached hydrogens (tertiary/aromatic N) is 2. The highest BCUT2D eigenvalue weighted by molar-refractivity contribution is 6.43. The first-order valence-corrected chi connectivity index (χ1v) is 5.68. The smallest absolute Gasteiger partial charge is 0.316 e. The highest BCUT2D eigenvalue weighted by Crippen LogP contribution is 2.14. The number of anilines is 2. The number of halogens is 1. The molecule has 0 bridgehead atoms. The normalized spacial score (nSPS) is 9.74. The molecule has 6 nitrogen and oxygen atoms in total. The van der Waals surface area contributed by atoms with E-state index in [0.29, 0.717) is 10.7 Å². The lowest BCUT2D eigenvalue weighted by Crippen LogP contribution is -2.29. The third kappa shape index (κ3) is 3.75. The fourth-order valence-corrected chi connectivity index (χ4v) is 1.47. The number of benzene rings is 1. The van der Waals surface area contributed by atoms with Gasteiger partial charge in [-0.05, 0) is 24.3 Å². The Labute approximate surface area is 113 Å². The Hall–Kier alpha value is -2.47. The van der Waals surface area contributed by atoms with Crippen molar-refractivity contribution in [3.8, 4) is 0 Å². The number of hydrogen-bond donors (Lipinski definition) is 2. The van der Waals surface area contributed by atoms with Gasteiger partial charge in [-0.25, -0.2) is 9.97 Å². The summed E-state index contributed by atoms with van der Waals surface area (Å²) in [6.07, 6.45) is 2.91. The van der Waals surface area contributed by atoms with Gasteiger partial charge >= 0.3 is 11.8 Å². The number of hydrogen-bond acceptors (Lipinski definition) is 4. The lowest BCUT2D eigenvalue weighted by molar-refractivity contribution is -0.133. The van der Waals surface area contributed by atoms with Gasteiger partial charge < -0.3 is 5.32 Å². The Kier molecular flexibility index (Phi) is 4.04. The van der Waals surface area contributed by atoms with Gasteiger partial charge in [-0.15, -0.1) is 0 Å². The molecule has 1 aromatic heterocycles. The molecule has 0 aliphatic rings. The van der Waals surface area contributed by atoms with E-state index in [-0.39, 0.29) is 5.95 Å². The number of carbonyl (C=O) groups excluding carboxylic acids is 2. The predicted octanol–water partition coefficient (Wildman–Crippen LogP) is 1.71. The Bertz CT molecular complexity index is 604. The third-order valence-corrected chi connectivity index (χ3v) is 2.31. The molecule has 19 heavy (non-hydrogen) atoms. The van der Waals surface area contributed by atoms with E-state index < -0.39 is 11.8 Å². The fourth-order valence-electron chi connectivity index (χ4n) is 1.28. The van der Waals surface area contributed by atoms with Gasteiger partial charge in [-0.3, -0.25) is 14.9 Å². The quantitative estimate of drug-likeness (QED) is 0.818. The van der Waals surface area contributed by atoms with Gasteiger partial charge in [0.2, 0.25) is 5.95 Å². The van der Waals surface area contributed by atoms with Crippen molar-refractivity contribution < 1.29 is 9.59 Å². The minimum atomic E-state index is -0.855. The standard InChI is InChI=1S/C12H9ClN4O2/c13-8-3-1-4-9(7-8)16-10(18)11(19)17-12-14-5-2-6-15-12/h1-7H,(H,16,18)(H,14,15,17,19). The van der Waals surface area contributed by atoms with E-state index in [4.69, 9.17) is 11.6 Å². The summed E-state index contributed by atoms with van der Waals surface area (Å²) in [5.41, 5.74) is 0.432. The van der Waals surface area contributed by atoms with Gasteiger partial charge in [0, 0.05) is 23.1 Å². The average molecular weight is 277 g/mol. The molecule has 2 aromatic rings. The van der Waals surface area contributed by atoms with Crippen LogP contribution in [0.4, 0.5) is 11.6 Å². The van der Waals surface area contributed by atoms with Gasteiger partial charge in [-0.2, -0.15) is 0 Å². The summed E-state index contributed by atoms with van der Waals surface area (Å²) in [4.78, 5) is 30.7. The van der Waals surface area contributed by atoms with E-state index in [1.54, 1.807) is 24.3 Å². The molecule has 2 N–H and O–H groups in total. The Morgan fingerprint density at radius 2 is 1.68 bits per heavy atom. The third-order valence-electron chi connectivity index (χ3n) is 2.08. The molecular weight excluding hydrogens is 268 g/mol. The number of amides is 2. The summed E-state index contributed by atoms with van der Waals surface area (Å²) in [7, 11) is 0. The zero-order chi connectivity index (χ0) is 13.7. The Balaban J connectivity index is 1.98. The van der Waals surface area contributed by atoms with E-state index in [2.05, 4.69) is 20.6 Å². The number of rotatable bonds is 2. The summed E-state index contributed by atoms with van der Waals surface area (Å²) < 4.78 is 0. The molecule has 0 aliphatic heterocycles. The van der Waals surface area contributed by atoms with Crippen LogP contribution < -0.4 is 10.6 Å². The molecule has 1 aromatic carbocycles. The second kappa shape index (κ2) is 5.92. The average Bonchev–Trinajstić information content (AvgIpc) is 2.40. The Morgan fingerprint density at radius 1 is 1.00 bits per heavy atom. The lowest BCUT2D eigenvalue weighted by atomic mass is 10.3. The van der Waals surface area contributed by atoms with Crippen LogP contribution in [0.15, 0.2) is 42.7 Å². The lowest BCUT2D eigenvalue weighted by Gasteiger charge is -2.05. The molecular formula is C12H9ClN4O2. The van der Waals surface area contributed by atoms with Crippen LogP contribution in [0.5, 0.6) is 0 Å². The summed E-state index contributed by atoms with van der Waals surface area (Å²) in [5.74, 6) is -1.62. The molecule has 1 heterocycles. The first-order valence-electron chi connectivity index (χ1n) is 5.30. The maximum Gasteiger partial charge on any atom is 0.316 e. The van der Waals surface area contributed by atoms with Gasteiger partial charge in [-0.1, -0.05) is 17.7 Å². The Morgan fingerprint density at radius 3 is 2.37 bits per heavy atom. The minimum absolute atomic E-state index is 0.0637. The summed E-state index contributed by atoms with van der Waals surface area (Å²) in [5, 5.41) is 5.14. The number of carbonyl (C=O) groups is 2. The minimum Gasteiger partial charge on any atom is -0.318 e. The van der Waals surface area contributed by atoms with Crippen LogP contribution in [0.25, 0.3) is 0 Å². The summed E-state index contributed by atoms with van der Waals surface area (Å²) in [6.45, 7) is 0. The van der Waals surface area contributed by atoms with Crippen LogP contribution in [0, 0.1) is 0 Å². The van der Waals surface area contributed by atoms with Crippen molar-refractivity contribution in [1.29, 1.82) is 0 Å². The maximum absolute atomic E-state index is 11.6. The zero-order valence-corrected chi connectivity index (χ0v) is 10.4. The van der Waals surface area contributed by atoms with E-state index in [1.807, 2.05) is 0 Å².